The van der Waals surface area contributed by atoms with Gasteiger partial charge in [0.2, 0.25) is 0 Å². The van der Waals surface area contributed by atoms with E-state index >= 15 is 0 Å². The van der Waals surface area contributed by atoms with Gasteiger partial charge in [-0.2, -0.15) is 0 Å². The molecule has 2 atom stereocenters. The lowest BCUT2D eigenvalue weighted by Gasteiger charge is -2.31. The highest BCUT2D eigenvalue weighted by atomic mass is 127. The molecule has 8 heteroatoms. The molecule has 0 aliphatic carbocycles. The summed E-state index contributed by atoms with van der Waals surface area (Å²) < 4.78 is 5.34. The van der Waals surface area contributed by atoms with Crippen LogP contribution in [0.1, 0.15) is 40.0 Å². The Morgan fingerprint density at radius 1 is 1.23 bits per heavy atom. The predicted molar refractivity (Wildman–Crippen MR) is 116 cm³/mol. The summed E-state index contributed by atoms with van der Waals surface area (Å²) in [6.07, 6.45) is 3.11. The molecule has 0 spiro atoms. The molecule has 0 radical (unpaired) electrons. The lowest BCUT2D eigenvalue weighted by Crippen LogP contribution is -2.46. The summed E-state index contributed by atoms with van der Waals surface area (Å²) >= 11 is 0. The SMILES string of the molecule is CN=C(NCC1CCCN(C)C1)N1CCC(NC(=O)OC(C)(C)C)C1.I. The average Bonchev–Trinajstić information content (AvgIpc) is 2.94. The van der Waals surface area contributed by atoms with E-state index in [1.54, 1.807) is 0 Å². The van der Waals surface area contributed by atoms with Crippen LogP contribution in [-0.4, -0.2) is 80.3 Å². The van der Waals surface area contributed by atoms with Gasteiger partial charge in [-0.1, -0.05) is 0 Å². The first-order valence-electron chi connectivity index (χ1n) is 9.40. The molecule has 7 nitrogen and oxygen atoms in total. The van der Waals surface area contributed by atoms with Crippen LogP contribution < -0.4 is 10.6 Å². The average molecular weight is 481 g/mol. The van der Waals surface area contributed by atoms with Gasteiger partial charge in [0.15, 0.2) is 5.96 Å². The van der Waals surface area contributed by atoms with E-state index in [1.165, 1.54) is 19.4 Å². The van der Waals surface area contributed by atoms with Gasteiger partial charge in [-0.3, -0.25) is 4.99 Å². The number of amides is 1. The van der Waals surface area contributed by atoms with E-state index in [0.717, 1.165) is 38.6 Å². The topological polar surface area (TPSA) is 69.2 Å². The zero-order valence-corrected chi connectivity index (χ0v) is 19.2. The zero-order valence-electron chi connectivity index (χ0n) is 16.9. The van der Waals surface area contributed by atoms with Gasteiger partial charge in [-0.15, -0.1) is 24.0 Å². The first-order valence-corrected chi connectivity index (χ1v) is 9.40. The number of guanidine groups is 1. The number of hydrogen-bond donors (Lipinski definition) is 2. The lowest BCUT2D eigenvalue weighted by molar-refractivity contribution is 0.0507. The smallest absolute Gasteiger partial charge is 0.407 e. The molecule has 2 saturated heterocycles. The van der Waals surface area contributed by atoms with Gasteiger partial charge in [-0.05, 0) is 59.5 Å². The monoisotopic (exact) mass is 481 g/mol. The van der Waals surface area contributed by atoms with E-state index in [4.69, 9.17) is 4.74 Å². The maximum Gasteiger partial charge on any atom is 0.407 e. The Morgan fingerprint density at radius 3 is 2.58 bits per heavy atom. The number of ether oxygens (including phenoxy) is 1. The molecule has 0 bridgehead atoms. The Labute approximate surface area is 175 Å². The van der Waals surface area contributed by atoms with Crippen LogP contribution in [0, 0.1) is 5.92 Å². The maximum atomic E-state index is 11.9. The molecule has 2 aliphatic heterocycles. The lowest BCUT2D eigenvalue weighted by atomic mass is 9.99. The third kappa shape index (κ3) is 7.85. The molecule has 2 N–H and O–H groups in total. The van der Waals surface area contributed by atoms with Gasteiger partial charge >= 0.3 is 6.09 Å². The number of aliphatic imine (C=N–C) groups is 1. The maximum absolute atomic E-state index is 11.9. The second-order valence-corrected chi connectivity index (χ2v) is 8.28. The van der Waals surface area contributed by atoms with Crippen molar-refractivity contribution in [2.24, 2.45) is 10.9 Å². The summed E-state index contributed by atoms with van der Waals surface area (Å²) in [5, 5.41) is 6.48. The molecule has 2 unspecified atom stereocenters. The minimum absolute atomic E-state index is 0. The highest BCUT2D eigenvalue weighted by molar-refractivity contribution is 14.0. The summed E-state index contributed by atoms with van der Waals surface area (Å²) in [7, 11) is 4.01. The Bertz CT molecular complexity index is 481. The molecule has 2 aliphatic rings. The number of rotatable bonds is 3. The zero-order chi connectivity index (χ0) is 18.4. The van der Waals surface area contributed by atoms with Crippen molar-refractivity contribution in [1.82, 2.24) is 20.4 Å². The molecule has 0 saturated carbocycles. The van der Waals surface area contributed by atoms with E-state index in [1.807, 2.05) is 27.8 Å². The van der Waals surface area contributed by atoms with Crippen molar-refractivity contribution in [3.63, 3.8) is 0 Å². The first kappa shape index (κ1) is 23.3. The predicted octanol–water partition coefficient (Wildman–Crippen LogP) is 2.12. The number of nitrogens with zero attached hydrogens (tertiary/aromatic N) is 3. The molecule has 2 heterocycles. The molecule has 0 aromatic carbocycles. The van der Waals surface area contributed by atoms with Crippen molar-refractivity contribution >= 4 is 36.0 Å². The summed E-state index contributed by atoms with van der Waals surface area (Å²) in [6, 6.07) is 0.106. The van der Waals surface area contributed by atoms with Gasteiger partial charge in [0.05, 0.1) is 6.04 Å². The quantitative estimate of drug-likeness (QED) is 0.367. The number of hydrogen-bond acceptors (Lipinski definition) is 4. The van der Waals surface area contributed by atoms with E-state index in [-0.39, 0.29) is 36.1 Å². The highest BCUT2D eigenvalue weighted by Crippen LogP contribution is 2.15. The Morgan fingerprint density at radius 2 is 1.96 bits per heavy atom. The van der Waals surface area contributed by atoms with Crippen molar-refractivity contribution in [3.05, 3.63) is 0 Å². The summed E-state index contributed by atoms with van der Waals surface area (Å²) in [6.45, 7) is 10.6. The van der Waals surface area contributed by atoms with Crippen molar-refractivity contribution in [1.29, 1.82) is 0 Å². The number of likely N-dealkylation sites (tertiary alicyclic amines) is 2. The van der Waals surface area contributed by atoms with Gasteiger partial charge in [0, 0.05) is 33.2 Å². The standard InChI is InChI=1S/C18H35N5O2.HI/c1-18(2,3)25-17(24)21-15-8-10-23(13-15)16(19-4)20-11-14-7-6-9-22(5)12-14;/h14-15H,6-13H2,1-5H3,(H,19,20)(H,21,24);1H. The van der Waals surface area contributed by atoms with Crippen LogP contribution in [-0.2, 0) is 4.74 Å². The van der Waals surface area contributed by atoms with Gasteiger partial charge in [-0.25, -0.2) is 4.79 Å². The van der Waals surface area contributed by atoms with Crippen LogP contribution in [0.2, 0.25) is 0 Å². The summed E-state index contributed by atoms with van der Waals surface area (Å²) in [4.78, 5) is 21.0. The van der Waals surface area contributed by atoms with Crippen molar-refractivity contribution in [2.75, 3.05) is 46.8 Å². The summed E-state index contributed by atoms with van der Waals surface area (Å²) in [5.41, 5.74) is -0.465. The third-order valence-corrected chi connectivity index (χ3v) is 4.69. The molecule has 26 heavy (non-hydrogen) atoms. The number of halogens is 1. The molecule has 0 aromatic heterocycles. The summed E-state index contributed by atoms with van der Waals surface area (Å²) in [5.74, 6) is 1.61. The fraction of sp³-hybridized carbons (Fsp3) is 0.889. The number of nitrogens with one attached hydrogen (secondary N) is 2. The second-order valence-electron chi connectivity index (χ2n) is 8.28. The number of carbonyl (C=O) groups excluding carboxylic acids is 1. The second kappa shape index (κ2) is 10.5. The van der Waals surface area contributed by atoms with Crippen LogP contribution >= 0.6 is 24.0 Å². The van der Waals surface area contributed by atoms with Crippen LogP contribution in [0.4, 0.5) is 4.79 Å². The van der Waals surface area contributed by atoms with Gasteiger partial charge in [0.25, 0.3) is 0 Å². The number of carbonyl (C=O) groups is 1. The highest BCUT2D eigenvalue weighted by Gasteiger charge is 2.28. The Hall–Kier alpha value is -0.770. The Balaban J connectivity index is 0.00000338. The van der Waals surface area contributed by atoms with E-state index in [9.17, 15) is 4.79 Å². The third-order valence-electron chi connectivity index (χ3n) is 4.69. The first-order chi connectivity index (χ1) is 11.8. The molecule has 0 aromatic rings. The molecule has 1 amide bonds. The largest absolute Gasteiger partial charge is 0.444 e. The van der Waals surface area contributed by atoms with Gasteiger partial charge < -0.3 is 25.2 Å². The van der Waals surface area contributed by atoms with E-state index < -0.39 is 5.60 Å². The minimum atomic E-state index is -0.465. The number of piperidine rings is 1. The molecular weight excluding hydrogens is 445 g/mol. The number of alkyl carbamates (subject to hydrolysis) is 1. The van der Waals surface area contributed by atoms with Crippen LogP contribution in [0.25, 0.3) is 0 Å². The van der Waals surface area contributed by atoms with Crippen LogP contribution in [0.5, 0.6) is 0 Å². The fourth-order valence-electron chi connectivity index (χ4n) is 3.55. The van der Waals surface area contributed by atoms with Gasteiger partial charge in [0.1, 0.15) is 5.60 Å². The fourth-order valence-corrected chi connectivity index (χ4v) is 3.55. The Kier molecular flexibility index (Phi) is 9.43. The van der Waals surface area contributed by atoms with Crippen LogP contribution in [0.3, 0.4) is 0 Å². The van der Waals surface area contributed by atoms with E-state index in [0.29, 0.717) is 5.92 Å². The molecular formula is C18H36IN5O2. The molecule has 152 valence electrons. The van der Waals surface area contributed by atoms with Crippen LogP contribution in [0.15, 0.2) is 4.99 Å². The molecule has 2 fully saturated rings. The normalized spacial score (nSPS) is 24.8. The van der Waals surface area contributed by atoms with Crippen molar-refractivity contribution in [3.8, 4) is 0 Å². The van der Waals surface area contributed by atoms with Crippen molar-refractivity contribution < 1.29 is 9.53 Å². The van der Waals surface area contributed by atoms with Crippen molar-refractivity contribution in [2.45, 2.75) is 51.7 Å². The minimum Gasteiger partial charge on any atom is -0.444 e. The van der Waals surface area contributed by atoms with E-state index in [2.05, 4.69) is 32.5 Å². The molecule has 2 rings (SSSR count).